The van der Waals surface area contributed by atoms with E-state index < -0.39 is 5.66 Å². The van der Waals surface area contributed by atoms with E-state index in [4.69, 9.17) is 33.3 Å². The maximum Gasteiger partial charge on any atom is 0.241 e. The quantitative estimate of drug-likeness (QED) is 0.444. The van der Waals surface area contributed by atoms with Crippen LogP contribution in [0.1, 0.15) is 24.0 Å². The first kappa shape index (κ1) is 25.0. The molecule has 3 aliphatic heterocycles. The Labute approximate surface area is 232 Å². The predicted octanol–water partition coefficient (Wildman–Crippen LogP) is 4.80. The average Bonchev–Trinajstić information content (AvgIpc) is 3.48. The van der Waals surface area contributed by atoms with E-state index in [9.17, 15) is 4.79 Å². The Morgan fingerprint density at radius 1 is 1.00 bits per heavy atom. The second kappa shape index (κ2) is 10.4. The Hall–Kier alpha value is -3.33. The lowest BCUT2D eigenvalue weighted by Crippen LogP contribution is -2.59. The van der Waals surface area contributed by atoms with Crippen molar-refractivity contribution >= 4 is 40.5 Å². The van der Waals surface area contributed by atoms with Crippen LogP contribution in [-0.2, 0) is 17.8 Å². The molecule has 2 N–H and O–H groups in total. The lowest BCUT2D eigenvalue weighted by molar-refractivity contribution is -0.134. The van der Waals surface area contributed by atoms with Gasteiger partial charge in [-0.3, -0.25) is 10.1 Å². The van der Waals surface area contributed by atoms with E-state index in [1.165, 1.54) is 0 Å². The number of likely N-dealkylation sites (tertiary alicyclic amines) is 1. The summed E-state index contributed by atoms with van der Waals surface area (Å²) in [6.07, 6.45) is 2.16. The van der Waals surface area contributed by atoms with Crippen LogP contribution in [-0.4, -0.2) is 52.4 Å². The molecule has 1 spiro atoms. The molecule has 6 rings (SSSR count). The molecule has 0 radical (unpaired) electrons. The number of thiocarbonyl (C=S) groups is 1. The topological polar surface area (TPSA) is 66.1 Å². The van der Waals surface area contributed by atoms with E-state index >= 15 is 0 Å². The molecule has 38 heavy (non-hydrogen) atoms. The van der Waals surface area contributed by atoms with E-state index in [2.05, 4.69) is 27.7 Å². The number of ether oxygens (including phenoxy) is 2. The molecule has 3 aromatic rings. The first-order chi connectivity index (χ1) is 18.5. The van der Waals surface area contributed by atoms with E-state index in [1.807, 2.05) is 65.6 Å². The van der Waals surface area contributed by atoms with Gasteiger partial charge in [0.15, 0.2) is 16.6 Å². The first-order valence-electron chi connectivity index (χ1n) is 12.8. The zero-order chi connectivity index (χ0) is 26.1. The molecule has 7 nitrogen and oxygen atoms in total. The number of fused-ring (bicyclic) bond motifs is 1. The Kier molecular flexibility index (Phi) is 6.86. The fourth-order valence-electron chi connectivity index (χ4n) is 5.57. The Balaban J connectivity index is 1.20. The Bertz CT molecular complexity index is 1350. The van der Waals surface area contributed by atoms with Gasteiger partial charge in [0.1, 0.15) is 0 Å². The van der Waals surface area contributed by atoms with Crippen LogP contribution in [0.4, 0.5) is 5.69 Å². The molecule has 1 amide bonds. The zero-order valence-electron chi connectivity index (χ0n) is 20.9. The lowest BCUT2D eigenvalue weighted by Gasteiger charge is -2.45. The Morgan fingerprint density at radius 2 is 1.79 bits per heavy atom. The molecule has 2 saturated heterocycles. The van der Waals surface area contributed by atoms with Crippen molar-refractivity contribution in [3.63, 3.8) is 0 Å². The fraction of sp³-hybridized carbons (Fsp3) is 0.310. The van der Waals surface area contributed by atoms with E-state index in [-0.39, 0.29) is 18.7 Å². The largest absolute Gasteiger partial charge is 0.454 e. The summed E-state index contributed by atoms with van der Waals surface area (Å²) in [4.78, 5) is 18.0. The van der Waals surface area contributed by atoms with Crippen LogP contribution in [0.3, 0.4) is 0 Å². The van der Waals surface area contributed by atoms with Crippen LogP contribution >= 0.6 is 23.8 Å². The molecule has 3 aliphatic rings. The van der Waals surface area contributed by atoms with Crippen LogP contribution in [0, 0.1) is 0 Å². The van der Waals surface area contributed by atoms with Gasteiger partial charge in [-0.05, 0) is 60.1 Å². The predicted molar refractivity (Wildman–Crippen MR) is 151 cm³/mol. The van der Waals surface area contributed by atoms with Gasteiger partial charge in [0.05, 0.1) is 11.7 Å². The van der Waals surface area contributed by atoms with Gasteiger partial charge in [0.2, 0.25) is 12.7 Å². The van der Waals surface area contributed by atoms with Crippen LogP contribution in [0.2, 0.25) is 5.02 Å². The van der Waals surface area contributed by atoms with Crippen LogP contribution in [0.15, 0.2) is 72.8 Å². The van der Waals surface area contributed by atoms with Crippen molar-refractivity contribution in [3.05, 3.63) is 88.9 Å². The summed E-state index contributed by atoms with van der Waals surface area (Å²) >= 11 is 11.9. The molecule has 0 aliphatic carbocycles. The van der Waals surface area contributed by atoms with Gasteiger partial charge < -0.3 is 24.6 Å². The minimum Gasteiger partial charge on any atom is -0.454 e. The third-order valence-electron chi connectivity index (χ3n) is 7.54. The normalized spacial score (nSPS) is 19.7. The highest BCUT2D eigenvalue weighted by Gasteiger charge is 2.51. The number of anilines is 1. The minimum atomic E-state index is -0.449. The molecule has 0 aromatic heterocycles. The SMILES string of the molecule is O=C1[C@H](Cc2ccccc2)NC2(CCN(C(=S)Nc3cccc(Cl)c3)CC2)N1Cc1ccc2c(c1)OCO2. The van der Waals surface area contributed by atoms with Gasteiger partial charge in [-0.1, -0.05) is 54.1 Å². The number of hydrogen-bond acceptors (Lipinski definition) is 5. The average molecular weight is 549 g/mol. The smallest absolute Gasteiger partial charge is 0.241 e. The molecule has 3 heterocycles. The number of amides is 1. The highest BCUT2D eigenvalue weighted by molar-refractivity contribution is 7.80. The van der Waals surface area contributed by atoms with Gasteiger partial charge in [0, 0.05) is 43.2 Å². The molecule has 0 unspecified atom stereocenters. The number of halogens is 1. The summed E-state index contributed by atoms with van der Waals surface area (Å²) < 4.78 is 11.1. The van der Waals surface area contributed by atoms with Crippen molar-refractivity contribution < 1.29 is 14.3 Å². The molecular weight excluding hydrogens is 520 g/mol. The lowest BCUT2D eigenvalue weighted by atomic mass is 9.95. The minimum absolute atomic E-state index is 0.125. The number of hydrogen-bond donors (Lipinski definition) is 2. The van der Waals surface area contributed by atoms with Crippen molar-refractivity contribution in [1.29, 1.82) is 0 Å². The summed E-state index contributed by atoms with van der Waals surface area (Å²) in [5.74, 6) is 1.59. The first-order valence-corrected chi connectivity index (χ1v) is 13.6. The van der Waals surface area contributed by atoms with E-state index in [0.29, 0.717) is 23.1 Å². The monoisotopic (exact) mass is 548 g/mol. The van der Waals surface area contributed by atoms with Crippen molar-refractivity contribution in [1.82, 2.24) is 15.1 Å². The van der Waals surface area contributed by atoms with Gasteiger partial charge >= 0.3 is 0 Å². The summed E-state index contributed by atoms with van der Waals surface area (Å²) in [7, 11) is 0. The standard InChI is InChI=1S/C29H29ClN4O3S/c30-22-7-4-8-23(17-22)31-28(38)33-13-11-29(12-14-33)32-24(15-20-5-2-1-3-6-20)27(35)34(29)18-21-9-10-25-26(16-21)37-19-36-25/h1-10,16-17,24,32H,11-15,18-19H2,(H,31,38)/t24-/m0/s1. The number of piperidine rings is 1. The van der Waals surface area contributed by atoms with Gasteiger partial charge in [-0.2, -0.15) is 0 Å². The molecule has 1 atom stereocenters. The number of benzene rings is 3. The summed E-state index contributed by atoms with van der Waals surface area (Å²) in [6, 6.07) is 23.3. The van der Waals surface area contributed by atoms with Gasteiger partial charge in [-0.25, -0.2) is 0 Å². The van der Waals surface area contributed by atoms with Crippen LogP contribution < -0.4 is 20.1 Å². The number of rotatable bonds is 5. The van der Waals surface area contributed by atoms with Crippen LogP contribution in [0.5, 0.6) is 11.5 Å². The molecule has 196 valence electrons. The molecule has 2 fully saturated rings. The molecular formula is C29H29ClN4O3S. The van der Waals surface area contributed by atoms with Gasteiger partial charge in [-0.15, -0.1) is 0 Å². The van der Waals surface area contributed by atoms with Crippen molar-refractivity contribution in [2.24, 2.45) is 0 Å². The van der Waals surface area contributed by atoms with Crippen molar-refractivity contribution in [2.45, 2.75) is 37.5 Å². The highest BCUT2D eigenvalue weighted by Crippen LogP contribution is 2.37. The number of nitrogens with one attached hydrogen (secondary N) is 2. The van der Waals surface area contributed by atoms with E-state index in [1.54, 1.807) is 0 Å². The summed E-state index contributed by atoms with van der Waals surface area (Å²) in [5, 5.41) is 8.38. The maximum absolute atomic E-state index is 13.9. The molecule has 3 aromatic carbocycles. The zero-order valence-corrected chi connectivity index (χ0v) is 22.4. The number of nitrogens with zero attached hydrogens (tertiary/aromatic N) is 2. The number of carbonyl (C=O) groups is 1. The third kappa shape index (κ3) is 5.04. The van der Waals surface area contributed by atoms with E-state index in [0.717, 1.165) is 54.2 Å². The summed E-state index contributed by atoms with van der Waals surface area (Å²) in [6.45, 7) is 2.18. The van der Waals surface area contributed by atoms with Crippen molar-refractivity contribution in [3.8, 4) is 11.5 Å². The number of carbonyl (C=O) groups excluding carboxylic acids is 1. The third-order valence-corrected chi connectivity index (χ3v) is 8.13. The van der Waals surface area contributed by atoms with Crippen LogP contribution in [0.25, 0.3) is 0 Å². The highest BCUT2D eigenvalue weighted by atomic mass is 35.5. The van der Waals surface area contributed by atoms with Gasteiger partial charge in [0.25, 0.3) is 0 Å². The maximum atomic E-state index is 13.9. The molecule has 9 heteroatoms. The second-order valence-electron chi connectivity index (χ2n) is 9.96. The molecule has 0 saturated carbocycles. The molecule has 0 bridgehead atoms. The Morgan fingerprint density at radius 3 is 2.58 bits per heavy atom. The fourth-order valence-corrected chi connectivity index (χ4v) is 6.06. The van der Waals surface area contributed by atoms with Crippen molar-refractivity contribution in [2.75, 3.05) is 25.2 Å². The second-order valence-corrected chi connectivity index (χ2v) is 10.8. The summed E-state index contributed by atoms with van der Waals surface area (Å²) in [5.41, 5.74) is 2.58.